The molecule has 1 amide bonds. The molecule has 1 atom stereocenters. The molecule has 0 aliphatic carbocycles. The monoisotopic (exact) mass is 281 g/mol. The molecule has 0 aromatic heterocycles. The third-order valence-corrected chi connectivity index (χ3v) is 3.22. The molecule has 0 heterocycles. The van der Waals surface area contributed by atoms with Gasteiger partial charge in [-0.3, -0.25) is 4.79 Å². The molecule has 7 nitrogen and oxygen atoms in total. The van der Waals surface area contributed by atoms with Gasteiger partial charge in [0.05, 0.1) is 18.2 Å². The molecule has 0 saturated carbocycles. The number of nitrogens with two attached hydrogens (primary N) is 1. The Morgan fingerprint density at radius 3 is 2.70 bits per heavy atom. The fraction of sp³-hybridized carbons (Fsp3) is 0.385. The Balaban J connectivity index is 3.07. The smallest absolute Gasteiger partial charge is 0.255 e. The number of aromatic hydroxyl groups is 1. The van der Waals surface area contributed by atoms with E-state index < -0.39 is 11.4 Å². The zero-order valence-electron chi connectivity index (χ0n) is 11.7. The highest BCUT2D eigenvalue weighted by molar-refractivity contribution is 6.01. The largest absolute Gasteiger partial charge is 0.507 e. The van der Waals surface area contributed by atoms with E-state index >= 15 is 0 Å². The van der Waals surface area contributed by atoms with Crippen LogP contribution in [0.4, 0.5) is 0 Å². The summed E-state index contributed by atoms with van der Waals surface area (Å²) in [6.07, 6.45) is 0.416. The third kappa shape index (κ3) is 3.11. The number of phenols is 1. The summed E-state index contributed by atoms with van der Waals surface area (Å²) in [7, 11) is 1.46. The lowest BCUT2D eigenvalue weighted by atomic mass is 9.96. The number of oxime groups is 1. The molecule has 0 saturated heterocycles. The molecule has 110 valence electrons. The Labute approximate surface area is 117 Å². The summed E-state index contributed by atoms with van der Waals surface area (Å²) in [6, 6.07) is 4.31. The molecule has 5 N–H and O–H groups in total. The standard InChI is InChI=1S/C13H19N3O4/c1-4-13(2,12(14)16-19)15-11(18)9-7-8(20-3)5-6-10(9)17/h5-7,17,19H,4H2,1-3H3,(H2,14,16)(H,15,18). The fourth-order valence-electron chi connectivity index (χ4n) is 1.59. The lowest BCUT2D eigenvalue weighted by molar-refractivity contribution is 0.0922. The van der Waals surface area contributed by atoms with E-state index in [0.29, 0.717) is 12.2 Å². The minimum absolute atomic E-state index is 0.0507. The fourth-order valence-corrected chi connectivity index (χ4v) is 1.59. The molecular weight excluding hydrogens is 262 g/mol. The van der Waals surface area contributed by atoms with Gasteiger partial charge in [0.15, 0.2) is 5.84 Å². The summed E-state index contributed by atoms with van der Waals surface area (Å²) in [5, 5.41) is 24.1. The number of hydrogen-bond donors (Lipinski definition) is 4. The average Bonchev–Trinajstić information content (AvgIpc) is 2.46. The number of phenolic OH excluding ortho intramolecular Hbond substituents is 1. The van der Waals surface area contributed by atoms with Crippen molar-refractivity contribution < 1.29 is 19.8 Å². The molecule has 20 heavy (non-hydrogen) atoms. The van der Waals surface area contributed by atoms with E-state index in [4.69, 9.17) is 15.7 Å². The first-order valence-electron chi connectivity index (χ1n) is 6.05. The first-order valence-corrected chi connectivity index (χ1v) is 6.05. The van der Waals surface area contributed by atoms with Gasteiger partial charge in [0.25, 0.3) is 5.91 Å². The summed E-state index contributed by atoms with van der Waals surface area (Å²) < 4.78 is 5.01. The first kappa shape index (κ1) is 15.6. The highest BCUT2D eigenvalue weighted by atomic mass is 16.5. The molecule has 0 spiro atoms. The van der Waals surface area contributed by atoms with Gasteiger partial charge in [-0.25, -0.2) is 0 Å². The van der Waals surface area contributed by atoms with Crippen LogP contribution in [0.3, 0.4) is 0 Å². The quantitative estimate of drug-likeness (QED) is 0.278. The highest BCUT2D eigenvalue weighted by Gasteiger charge is 2.30. The number of carbonyl (C=O) groups is 1. The van der Waals surface area contributed by atoms with Gasteiger partial charge in [-0.05, 0) is 31.5 Å². The topological polar surface area (TPSA) is 117 Å². The normalized spacial score (nSPS) is 14.4. The molecular formula is C13H19N3O4. The minimum atomic E-state index is -1.01. The summed E-state index contributed by atoms with van der Waals surface area (Å²) in [4.78, 5) is 12.2. The molecule has 1 aromatic rings. The maximum absolute atomic E-state index is 12.2. The Morgan fingerprint density at radius 1 is 1.55 bits per heavy atom. The van der Waals surface area contributed by atoms with Gasteiger partial charge >= 0.3 is 0 Å². The van der Waals surface area contributed by atoms with Gasteiger partial charge < -0.3 is 26.1 Å². The van der Waals surface area contributed by atoms with Crippen molar-refractivity contribution in [3.05, 3.63) is 23.8 Å². The average molecular weight is 281 g/mol. The number of amides is 1. The van der Waals surface area contributed by atoms with E-state index in [1.54, 1.807) is 13.8 Å². The van der Waals surface area contributed by atoms with Crippen molar-refractivity contribution in [2.24, 2.45) is 10.9 Å². The highest BCUT2D eigenvalue weighted by Crippen LogP contribution is 2.23. The number of nitrogens with one attached hydrogen (secondary N) is 1. The second kappa shape index (κ2) is 6.14. The van der Waals surface area contributed by atoms with Gasteiger partial charge in [-0.1, -0.05) is 12.1 Å². The van der Waals surface area contributed by atoms with Crippen LogP contribution in [0, 0.1) is 0 Å². The maximum Gasteiger partial charge on any atom is 0.255 e. The number of ether oxygens (including phenoxy) is 1. The van der Waals surface area contributed by atoms with Gasteiger partial charge in [-0.15, -0.1) is 0 Å². The van der Waals surface area contributed by atoms with Crippen LogP contribution in [0.25, 0.3) is 0 Å². The number of hydrogen-bond acceptors (Lipinski definition) is 5. The van der Waals surface area contributed by atoms with E-state index in [2.05, 4.69) is 10.5 Å². The van der Waals surface area contributed by atoms with Crippen molar-refractivity contribution in [1.82, 2.24) is 5.32 Å². The zero-order chi connectivity index (χ0) is 15.3. The van der Waals surface area contributed by atoms with Gasteiger partial charge in [0.1, 0.15) is 11.5 Å². The van der Waals surface area contributed by atoms with Crippen molar-refractivity contribution in [2.45, 2.75) is 25.8 Å². The molecule has 0 bridgehead atoms. The molecule has 0 aliphatic heterocycles. The maximum atomic E-state index is 12.2. The van der Waals surface area contributed by atoms with Crippen LogP contribution in [0.1, 0.15) is 30.6 Å². The SMILES string of the molecule is CCC(C)(NC(=O)c1cc(OC)ccc1O)C(N)=NO. The number of amidine groups is 1. The number of rotatable bonds is 5. The van der Waals surface area contributed by atoms with Crippen molar-refractivity contribution in [1.29, 1.82) is 0 Å². The Kier molecular flexibility index (Phi) is 4.79. The first-order chi connectivity index (χ1) is 9.37. The molecule has 0 radical (unpaired) electrons. The molecule has 1 unspecified atom stereocenters. The number of benzene rings is 1. The summed E-state index contributed by atoms with van der Waals surface area (Å²) >= 11 is 0. The number of carbonyl (C=O) groups excluding carboxylic acids is 1. The van der Waals surface area contributed by atoms with Crippen LogP contribution >= 0.6 is 0 Å². The van der Waals surface area contributed by atoms with E-state index in [0.717, 1.165) is 0 Å². The third-order valence-electron chi connectivity index (χ3n) is 3.22. The number of methoxy groups -OCH3 is 1. The van der Waals surface area contributed by atoms with Crippen LogP contribution in [0.2, 0.25) is 0 Å². The second-order valence-corrected chi connectivity index (χ2v) is 4.51. The number of nitrogens with zero attached hydrogens (tertiary/aromatic N) is 1. The lowest BCUT2D eigenvalue weighted by Gasteiger charge is -2.28. The van der Waals surface area contributed by atoms with Crippen LogP contribution in [0.15, 0.2) is 23.4 Å². The lowest BCUT2D eigenvalue weighted by Crippen LogP contribution is -2.55. The predicted octanol–water partition coefficient (Wildman–Crippen LogP) is 1.05. The van der Waals surface area contributed by atoms with Crippen LogP contribution in [0.5, 0.6) is 11.5 Å². The van der Waals surface area contributed by atoms with E-state index in [-0.39, 0.29) is 17.1 Å². The van der Waals surface area contributed by atoms with Crippen molar-refractivity contribution >= 4 is 11.7 Å². The van der Waals surface area contributed by atoms with E-state index in [1.165, 1.54) is 25.3 Å². The van der Waals surface area contributed by atoms with Gasteiger partial charge in [0, 0.05) is 0 Å². The Hall–Kier alpha value is -2.44. The van der Waals surface area contributed by atoms with Crippen LogP contribution in [-0.4, -0.2) is 34.7 Å². The predicted molar refractivity (Wildman–Crippen MR) is 74.2 cm³/mol. The zero-order valence-corrected chi connectivity index (χ0v) is 11.7. The van der Waals surface area contributed by atoms with Crippen LogP contribution in [-0.2, 0) is 0 Å². The Morgan fingerprint density at radius 2 is 2.20 bits per heavy atom. The second-order valence-electron chi connectivity index (χ2n) is 4.51. The van der Waals surface area contributed by atoms with E-state index in [1.807, 2.05) is 0 Å². The van der Waals surface area contributed by atoms with Gasteiger partial charge in [-0.2, -0.15) is 0 Å². The van der Waals surface area contributed by atoms with Crippen molar-refractivity contribution in [3.8, 4) is 11.5 Å². The molecule has 7 heteroatoms. The van der Waals surface area contributed by atoms with Crippen molar-refractivity contribution in [3.63, 3.8) is 0 Å². The summed E-state index contributed by atoms with van der Waals surface area (Å²) in [6.45, 7) is 3.40. The Bertz CT molecular complexity index is 530. The van der Waals surface area contributed by atoms with E-state index in [9.17, 15) is 9.90 Å². The molecule has 0 aliphatic rings. The summed E-state index contributed by atoms with van der Waals surface area (Å²) in [5.41, 5.74) is 4.62. The summed E-state index contributed by atoms with van der Waals surface area (Å²) in [5.74, 6) is -0.399. The molecule has 1 rings (SSSR count). The molecule has 0 fully saturated rings. The van der Waals surface area contributed by atoms with Crippen LogP contribution < -0.4 is 15.8 Å². The minimum Gasteiger partial charge on any atom is -0.507 e. The van der Waals surface area contributed by atoms with Gasteiger partial charge in [0.2, 0.25) is 0 Å². The van der Waals surface area contributed by atoms with Crippen molar-refractivity contribution in [2.75, 3.05) is 7.11 Å². The molecule has 1 aromatic carbocycles.